The molecule has 2 N–H and O–H groups in total. The molecule has 0 bridgehead atoms. The molecule has 0 radical (unpaired) electrons. The van der Waals surface area contributed by atoms with Crippen LogP contribution in [0.25, 0.3) is 0 Å². The minimum Gasteiger partial charge on any atom is -0.478 e. The molecule has 9 nitrogen and oxygen atoms in total. The topological polar surface area (TPSA) is 116 Å². The summed E-state index contributed by atoms with van der Waals surface area (Å²) in [5.74, 6) is -2.22. The van der Waals surface area contributed by atoms with Gasteiger partial charge in [0.15, 0.2) is 0 Å². The van der Waals surface area contributed by atoms with Crippen LogP contribution in [0.5, 0.6) is 5.75 Å². The number of carbonyl (C=O) groups is 2. The predicted molar refractivity (Wildman–Crippen MR) is 149 cm³/mol. The molecular weight excluding hydrogens is 575 g/mol. The normalized spacial score (nSPS) is 16.2. The molecule has 1 aliphatic heterocycles. The van der Waals surface area contributed by atoms with Gasteiger partial charge in [0.1, 0.15) is 11.8 Å². The summed E-state index contributed by atoms with van der Waals surface area (Å²) in [6.07, 6.45) is -3.01. The van der Waals surface area contributed by atoms with Crippen LogP contribution < -0.4 is 15.0 Å². The third-order valence-electron chi connectivity index (χ3n) is 6.81. The number of hydrogen-bond acceptors (Lipinski definition) is 6. The minimum absolute atomic E-state index is 0.0395. The van der Waals surface area contributed by atoms with Gasteiger partial charge >= 0.3 is 12.3 Å². The number of anilines is 1. The average molecular weight is 606 g/mol. The highest BCUT2D eigenvalue weighted by Gasteiger charge is 2.40. The molecule has 0 spiro atoms. The van der Waals surface area contributed by atoms with Crippen molar-refractivity contribution in [2.24, 2.45) is 0 Å². The molecule has 0 aliphatic carbocycles. The molecule has 1 atom stereocenters. The van der Waals surface area contributed by atoms with Crippen molar-refractivity contribution >= 4 is 27.6 Å². The second-order valence-corrected chi connectivity index (χ2v) is 11.6. The van der Waals surface area contributed by atoms with E-state index in [4.69, 9.17) is 0 Å². The molecule has 224 valence electrons. The SMILES string of the molecule is CCCc1ccc(CNC(=O)C2CN(c3ccc(C(=O)O)cc3)CCN2S(=O)(=O)c2ccc(OC(F)(F)F)cc2)cc1. The Labute approximate surface area is 241 Å². The van der Waals surface area contributed by atoms with E-state index < -0.39 is 40.1 Å². The van der Waals surface area contributed by atoms with Gasteiger partial charge in [-0.15, -0.1) is 13.2 Å². The second kappa shape index (κ2) is 12.8. The van der Waals surface area contributed by atoms with E-state index in [9.17, 15) is 36.3 Å². The van der Waals surface area contributed by atoms with E-state index in [0.717, 1.165) is 52.5 Å². The van der Waals surface area contributed by atoms with E-state index in [-0.39, 0.29) is 36.6 Å². The zero-order chi connectivity index (χ0) is 30.5. The van der Waals surface area contributed by atoms with E-state index in [1.807, 2.05) is 24.3 Å². The fourth-order valence-electron chi connectivity index (χ4n) is 4.69. The second-order valence-electron chi connectivity index (χ2n) is 9.73. The number of carboxylic acids is 1. The lowest BCUT2D eigenvalue weighted by molar-refractivity contribution is -0.274. The van der Waals surface area contributed by atoms with E-state index in [2.05, 4.69) is 17.0 Å². The number of nitrogens with zero attached hydrogens (tertiary/aromatic N) is 2. The van der Waals surface area contributed by atoms with Crippen molar-refractivity contribution in [1.29, 1.82) is 0 Å². The van der Waals surface area contributed by atoms with Gasteiger partial charge in [-0.05, 0) is 66.1 Å². The highest BCUT2D eigenvalue weighted by Crippen LogP contribution is 2.28. The zero-order valence-corrected chi connectivity index (χ0v) is 23.5. The Morgan fingerprint density at radius 3 is 2.14 bits per heavy atom. The first-order valence-electron chi connectivity index (χ1n) is 13.2. The highest BCUT2D eigenvalue weighted by molar-refractivity contribution is 7.89. The number of rotatable bonds is 10. The Hall–Kier alpha value is -4.10. The minimum atomic E-state index is -4.93. The van der Waals surface area contributed by atoms with E-state index >= 15 is 0 Å². The molecule has 0 saturated carbocycles. The van der Waals surface area contributed by atoms with Crippen molar-refractivity contribution in [1.82, 2.24) is 9.62 Å². The summed E-state index contributed by atoms with van der Waals surface area (Å²) in [6.45, 7) is 2.28. The maximum absolute atomic E-state index is 13.6. The van der Waals surface area contributed by atoms with Gasteiger partial charge in [0.25, 0.3) is 0 Å². The molecule has 42 heavy (non-hydrogen) atoms. The Morgan fingerprint density at radius 1 is 0.952 bits per heavy atom. The zero-order valence-electron chi connectivity index (χ0n) is 22.7. The van der Waals surface area contributed by atoms with Crippen LogP contribution in [0, 0.1) is 0 Å². The first-order chi connectivity index (χ1) is 19.9. The van der Waals surface area contributed by atoms with Crippen LogP contribution in [0.3, 0.4) is 0 Å². The molecular formula is C29H30F3N3O6S. The molecule has 1 unspecified atom stereocenters. The third kappa shape index (κ3) is 7.59. The van der Waals surface area contributed by atoms with Crippen LogP contribution in [-0.2, 0) is 27.8 Å². The summed E-state index contributed by atoms with van der Waals surface area (Å²) in [5.41, 5.74) is 2.68. The van der Waals surface area contributed by atoms with Crippen molar-refractivity contribution in [2.75, 3.05) is 24.5 Å². The van der Waals surface area contributed by atoms with Gasteiger partial charge in [0.05, 0.1) is 10.5 Å². The van der Waals surface area contributed by atoms with Crippen LogP contribution in [0.4, 0.5) is 18.9 Å². The number of nitrogens with one attached hydrogen (secondary N) is 1. The number of sulfonamides is 1. The van der Waals surface area contributed by atoms with Gasteiger partial charge < -0.3 is 20.1 Å². The standard InChI is InChI=1S/C29H30F3N3O6S/c1-2-3-20-4-6-21(7-5-20)18-33-27(36)26-19-34(23-10-8-22(9-11-23)28(37)38)16-17-35(26)42(39,40)25-14-12-24(13-15-25)41-29(30,31)32/h4-15,26H,2-3,16-19H2,1H3,(H,33,36)(H,37,38). The van der Waals surface area contributed by atoms with Crippen molar-refractivity contribution < 1.29 is 41.0 Å². The molecule has 3 aromatic carbocycles. The number of piperazine rings is 1. The molecule has 1 saturated heterocycles. The fourth-order valence-corrected chi connectivity index (χ4v) is 6.26. The lowest BCUT2D eigenvalue weighted by Crippen LogP contribution is -2.60. The number of halogens is 3. The van der Waals surface area contributed by atoms with E-state index in [1.54, 1.807) is 17.0 Å². The molecule has 4 rings (SSSR count). The maximum Gasteiger partial charge on any atom is 0.573 e. The van der Waals surface area contributed by atoms with Crippen molar-refractivity contribution in [3.8, 4) is 5.75 Å². The fraction of sp³-hybridized carbons (Fsp3) is 0.310. The lowest BCUT2D eigenvalue weighted by atomic mass is 10.1. The quantitative estimate of drug-likeness (QED) is 0.351. The predicted octanol–water partition coefficient (Wildman–Crippen LogP) is 4.43. The number of carboxylic acid groups (broad SMARTS) is 1. The smallest absolute Gasteiger partial charge is 0.478 e. The number of aromatic carboxylic acids is 1. The maximum atomic E-state index is 13.6. The number of benzene rings is 3. The summed E-state index contributed by atoms with van der Waals surface area (Å²) in [4.78, 5) is 26.2. The van der Waals surface area contributed by atoms with Gasteiger partial charge in [0.2, 0.25) is 15.9 Å². The van der Waals surface area contributed by atoms with E-state index in [1.165, 1.54) is 12.1 Å². The summed E-state index contributed by atoms with van der Waals surface area (Å²) in [5, 5.41) is 12.0. The van der Waals surface area contributed by atoms with Gasteiger partial charge in [-0.2, -0.15) is 4.31 Å². The van der Waals surface area contributed by atoms with Crippen LogP contribution >= 0.6 is 0 Å². The Balaban J connectivity index is 1.57. The van der Waals surface area contributed by atoms with Crippen molar-refractivity contribution in [3.05, 3.63) is 89.5 Å². The summed E-state index contributed by atoms with van der Waals surface area (Å²) in [6, 6.07) is 16.3. The molecule has 1 amide bonds. The number of carbonyl (C=O) groups excluding carboxylic acids is 1. The monoisotopic (exact) mass is 605 g/mol. The molecule has 1 aliphatic rings. The molecule has 1 fully saturated rings. The lowest BCUT2D eigenvalue weighted by Gasteiger charge is -2.40. The number of hydrogen-bond donors (Lipinski definition) is 2. The Morgan fingerprint density at radius 2 is 1.57 bits per heavy atom. The van der Waals surface area contributed by atoms with Gasteiger partial charge in [-0.1, -0.05) is 37.6 Å². The first-order valence-corrected chi connectivity index (χ1v) is 14.6. The van der Waals surface area contributed by atoms with Crippen LogP contribution in [-0.4, -0.2) is 61.7 Å². The number of alkyl halides is 3. The third-order valence-corrected chi connectivity index (χ3v) is 8.73. The molecule has 3 aromatic rings. The average Bonchev–Trinajstić information content (AvgIpc) is 2.96. The van der Waals surface area contributed by atoms with Crippen molar-refractivity contribution in [3.63, 3.8) is 0 Å². The molecule has 0 aromatic heterocycles. The van der Waals surface area contributed by atoms with Crippen LogP contribution in [0.1, 0.15) is 34.8 Å². The number of amides is 1. The largest absolute Gasteiger partial charge is 0.573 e. The van der Waals surface area contributed by atoms with Gasteiger partial charge in [-0.3, -0.25) is 4.79 Å². The van der Waals surface area contributed by atoms with Crippen molar-refractivity contribution in [2.45, 2.75) is 43.6 Å². The Bertz CT molecular complexity index is 1500. The number of ether oxygens (including phenoxy) is 1. The summed E-state index contributed by atoms with van der Waals surface area (Å²) >= 11 is 0. The summed E-state index contributed by atoms with van der Waals surface area (Å²) < 4.78 is 69.8. The summed E-state index contributed by atoms with van der Waals surface area (Å²) in [7, 11) is -4.30. The highest BCUT2D eigenvalue weighted by atomic mass is 32.2. The van der Waals surface area contributed by atoms with E-state index in [0.29, 0.717) is 5.69 Å². The molecule has 1 heterocycles. The van der Waals surface area contributed by atoms with Crippen LogP contribution in [0.15, 0.2) is 77.7 Å². The van der Waals surface area contributed by atoms with Gasteiger partial charge in [-0.25, -0.2) is 13.2 Å². The molecule has 13 heteroatoms. The first kappa shape index (κ1) is 30.8. The van der Waals surface area contributed by atoms with Gasteiger partial charge in [0, 0.05) is 31.9 Å². The van der Waals surface area contributed by atoms with Crippen LogP contribution in [0.2, 0.25) is 0 Å². The Kier molecular flexibility index (Phi) is 9.42. The number of aryl methyl sites for hydroxylation is 1.